The van der Waals surface area contributed by atoms with Crippen molar-refractivity contribution in [1.82, 2.24) is 5.32 Å². The SMILES string of the molecule is C1=C(c2ccccc2-c2ccccc2)N=C(c2c3ccccc3cc3ccc4ccccc4c23)NC1c1ccccc1. The molecule has 0 bridgehead atoms. The van der Waals surface area contributed by atoms with Gasteiger partial charge in [0.25, 0.3) is 0 Å². The Morgan fingerprint density at radius 1 is 0.500 bits per heavy atom. The van der Waals surface area contributed by atoms with Gasteiger partial charge in [-0.15, -0.1) is 0 Å². The Bertz CT molecular complexity index is 2160. The molecule has 1 aliphatic rings. The molecular weight excluding hydrogens is 508 g/mol. The molecule has 1 aliphatic heterocycles. The van der Waals surface area contributed by atoms with Gasteiger partial charge in [0, 0.05) is 16.5 Å². The van der Waals surface area contributed by atoms with Crippen LogP contribution in [0, 0.1) is 0 Å². The van der Waals surface area contributed by atoms with Crippen molar-refractivity contribution >= 4 is 43.9 Å². The standard InChI is InChI=1S/C40H28N2/c1-3-13-27(14-4-1)32-19-11-12-22-35(32)37-26-36(29-16-5-2-6-17-29)41-40(42-37)39-34-21-10-8-18-30(34)25-31-24-23-28-15-7-9-20-33(28)38(31)39/h1-26,36H,(H,41,42). The Morgan fingerprint density at radius 2 is 1.12 bits per heavy atom. The van der Waals surface area contributed by atoms with E-state index in [1.165, 1.54) is 49.0 Å². The first kappa shape index (κ1) is 24.3. The Hall–Kier alpha value is -5.47. The molecule has 0 saturated heterocycles. The highest BCUT2D eigenvalue weighted by atomic mass is 15.0. The van der Waals surface area contributed by atoms with Gasteiger partial charge in [-0.2, -0.15) is 0 Å². The van der Waals surface area contributed by atoms with Crippen molar-refractivity contribution in [1.29, 1.82) is 0 Å². The van der Waals surface area contributed by atoms with Crippen LogP contribution in [0.25, 0.3) is 49.1 Å². The number of hydrogen-bond donors (Lipinski definition) is 1. The van der Waals surface area contributed by atoms with Crippen molar-refractivity contribution in [2.45, 2.75) is 6.04 Å². The zero-order valence-electron chi connectivity index (χ0n) is 23.0. The molecule has 0 saturated carbocycles. The molecule has 1 heterocycles. The average molecular weight is 537 g/mol. The first-order valence-electron chi connectivity index (χ1n) is 14.4. The van der Waals surface area contributed by atoms with Crippen LogP contribution in [0.5, 0.6) is 0 Å². The fourth-order valence-corrected chi connectivity index (χ4v) is 6.32. The number of amidine groups is 1. The van der Waals surface area contributed by atoms with Gasteiger partial charge in [0.15, 0.2) is 0 Å². The minimum absolute atomic E-state index is 0.0403. The summed E-state index contributed by atoms with van der Waals surface area (Å²) in [5.41, 5.74) is 6.80. The van der Waals surface area contributed by atoms with Crippen LogP contribution in [0.1, 0.15) is 22.7 Å². The quantitative estimate of drug-likeness (QED) is 0.176. The van der Waals surface area contributed by atoms with Crippen LogP contribution < -0.4 is 5.32 Å². The molecule has 0 fully saturated rings. The molecule has 42 heavy (non-hydrogen) atoms. The van der Waals surface area contributed by atoms with E-state index in [0.29, 0.717) is 0 Å². The second kappa shape index (κ2) is 10.2. The van der Waals surface area contributed by atoms with Gasteiger partial charge in [-0.05, 0) is 55.8 Å². The van der Waals surface area contributed by atoms with E-state index in [2.05, 4.69) is 163 Å². The molecule has 1 N–H and O–H groups in total. The lowest BCUT2D eigenvalue weighted by Gasteiger charge is -2.27. The van der Waals surface area contributed by atoms with Gasteiger partial charge in [0.05, 0.1) is 11.7 Å². The molecule has 198 valence electrons. The van der Waals surface area contributed by atoms with Crippen LogP contribution >= 0.6 is 0 Å². The second-order valence-electron chi connectivity index (χ2n) is 10.8. The molecule has 2 nitrogen and oxygen atoms in total. The Balaban J connectivity index is 1.44. The molecule has 0 aliphatic carbocycles. The largest absolute Gasteiger partial charge is 0.359 e. The first-order chi connectivity index (χ1) is 20.8. The van der Waals surface area contributed by atoms with Gasteiger partial charge in [0.1, 0.15) is 5.84 Å². The summed E-state index contributed by atoms with van der Waals surface area (Å²) in [6, 6.07) is 53.9. The number of hydrogen-bond acceptors (Lipinski definition) is 2. The van der Waals surface area contributed by atoms with Crippen LogP contribution in [0.4, 0.5) is 0 Å². The van der Waals surface area contributed by atoms with E-state index in [1.807, 2.05) is 0 Å². The summed E-state index contributed by atoms with van der Waals surface area (Å²) in [5.74, 6) is 0.891. The van der Waals surface area contributed by atoms with E-state index in [0.717, 1.165) is 22.7 Å². The predicted octanol–water partition coefficient (Wildman–Crippen LogP) is 9.95. The third-order valence-corrected chi connectivity index (χ3v) is 8.28. The smallest absolute Gasteiger partial charge is 0.135 e. The van der Waals surface area contributed by atoms with E-state index in [-0.39, 0.29) is 6.04 Å². The monoisotopic (exact) mass is 536 g/mol. The van der Waals surface area contributed by atoms with E-state index in [1.54, 1.807) is 0 Å². The van der Waals surface area contributed by atoms with Gasteiger partial charge in [-0.3, -0.25) is 0 Å². The van der Waals surface area contributed by atoms with Gasteiger partial charge >= 0.3 is 0 Å². The maximum Gasteiger partial charge on any atom is 0.135 e. The van der Waals surface area contributed by atoms with Crippen LogP contribution in [0.3, 0.4) is 0 Å². The Morgan fingerprint density at radius 3 is 1.93 bits per heavy atom. The summed E-state index contributed by atoms with van der Waals surface area (Å²) >= 11 is 0. The summed E-state index contributed by atoms with van der Waals surface area (Å²) < 4.78 is 0. The molecule has 0 radical (unpaired) electrons. The van der Waals surface area contributed by atoms with Gasteiger partial charge < -0.3 is 5.32 Å². The summed E-state index contributed by atoms with van der Waals surface area (Å²) in [5, 5.41) is 11.2. The molecular formula is C40H28N2. The third-order valence-electron chi connectivity index (χ3n) is 8.28. The number of nitrogens with zero attached hydrogens (tertiary/aromatic N) is 1. The van der Waals surface area contributed by atoms with Crippen molar-refractivity contribution in [3.05, 3.63) is 174 Å². The summed E-state index contributed by atoms with van der Waals surface area (Å²) in [6.07, 6.45) is 2.27. The molecule has 0 aromatic heterocycles. The number of nitrogens with one attached hydrogen (secondary N) is 1. The van der Waals surface area contributed by atoms with Crippen LogP contribution in [0.2, 0.25) is 0 Å². The number of rotatable bonds is 4. The minimum Gasteiger partial charge on any atom is -0.359 e. The molecule has 8 rings (SSSR count). The Kier molecular flexibility index (Phi) is 5.89. The maximum atomic E-state index is 5.46. The van der Waals surface area contributed by atoms with E-state index in [4.69, 9.17) is 4.99 Å². The molecule has 0 amide bonds. The summed E-state index contributed by atoms with van der Waals surface area (Å²) in [7, 11) is 0. The predicted molar refractivity (Wildman–Crippen MR) is 178 cm³/mol. The van der Waals surface area contributed by atoms with Crippen molar-refractivity contribution in [3.8, 4) is 11.1 Å². The lowest BCUT2D eigenvalue weighted by atomic mass is 9.90. The minimum atomic E-state index is -0.0403. The van der Waals surface area contributed by atoms with E-state index in [9.17, 15) is 0 Å². The molecule has 7 aromatic rings. The van der Waals surface area contributed by atoms with Gasteiger partial charge in [-0.1, -0.05) is 146 Å². The molecule has 2 heteroatoms. The molecule has 0 spiro atoms. The van der Waals surface area contributed by atoms with Gasteiger partial charge in [-0.25, -0.2) is 4.99 Å². The van der Waals surface area contributed by atoms with Crippen LogP contribution in [-0.4, -0.2) is 5.84 Å². The highest BCUT2D eigenvalue weighted by Gasteiger charge is 2.24. The second-order valence-corrected chi connectivity index (χ2v) is 10.8. The summed E-state index contributed by atoms with van der Waals surface area (Å²) in [4.78, 5) is 5.46. The molecule has 7 aromatic carbocycles. The highest BCUT2D eigenvalue weighted by molar-refractivity contribution is 6.27. The Labute approximate surface area is 245 Å². The third kappa shape index (κ3) is 4.17. The van der Waals surface area contributed by atoms with Gasteiger partial charge in [0.2, 0.25) is 0 Å². The van der Waals surface area contributed by atoms with Crippen molar-refractivity contribution in [2.75, 3.05) is 0 Å². The lowest BCUT2D eigenvalue weighted by Crippen LogP contribution is -2.31. The fourth-order valence-electron chi connectivity index (χ4n) is 6.32. The van der Waals surface area contributed by atoms with Crippen molar-refractivity contribution < 1.29 is 0 Å². The zero-order chi connectivity index (χ0) is 27.9. The topological polar surface area (TPSA) is 24.4 Å². The van der Waals surface area contributed by atoms with Crippen molar-refractivity contribution in [2.24, 2.45) is 4.99 Å². The highest BCUT2D eigenvalue weighted by Crippen LogP contribution is 2.38. The molecule has 1 atom stereocenters. The average Bonchev–Trinajstić information content (AvgIpc) is 3.07. The first-order valence-corrected chi connectivity index (χ1v) is 14.4. The lowest BCUT2D eigenvalue weighted by molar-refractivity contribution is 0.782. The van der Waals surface area contributed by atoms with E-state index < -0.39 is 0 Å². The number of aliphatic imine (C=N–C) groups is 1. The molecule has 1 unspecified atom stereocenters. The number of fused-ring (bicyclic) bond motifs is 4. The fraction of sp³-hybridized carbons (Fsp3) is 0.0250. The van der Waals surface area contributed by atoms with Crippen LogP contribution in [-0.2, 0) is 0 Å². The van der Waals surface area contributed by atoms with Crippen molar-refractivity contribution in [3.63, 3.8) is 0 Å². The normalized spacial score (nSPS) is 14.9. The van der Waals surface area contributed by atoms with Crippen LogP contribution in [0.15, 0.2) is 163 Å². The maximum absolute atomic E-state index is 5.46. The van der Waals surface area contributed by atoms with E-state index >= 15 is 0 Å². The summed E-state index contributed by atoms with van der Waals surface area (Å²) in [6.45, 7) is 0. The zero-order valence-corrected chi connectivity index (χ0v) is 23.0. The number of benzene rings is 7.